The van der Waals surface area contributed by atoms with Gasteiger partial charge in [-0.05, 0) is 19.1 Å². The Bertz CT molecular complexity index is 406. The van der Waals surface area contributed by atoms with Gasteiger partial charge in [-0.25, -0.2) is 0 Å². The summed E-state index contributed by atoms with van der Waals surface area (Å²) in [6.45, 7) is 4.57. The molecule has 18 heavy (non-hydrogen) atoms. The van der Waals surface area contributed by atoms with Gasteiger partial charge in [-0.2, -0.15) is 13.2 Å². The van der Waals surface area contributed by atoms with Gasteiger partial charge in [0.2, 0.25) is 0 Å². The zero-order valence-corrected chi connectivity index (χ0v) is 10.2. The van der Waals surface area contributed by atoms with Crippen molar-refractivity contribution < 1.29 is 13.2 Å². The molecule has 0 radical (unpaired) electrons. The molecule has 0 amide bonds. The lowest BCUT2D eigenvalue weighted by atomic mass is 10.1. The first-order chi connectivity index (χ1) is 8.47. The molecule has 0 unspecified atom stereocenters. The number of pyridine rings is 1. The van der Waals surface area contributed by atoms with Crippen LogP contribution in [0.2, 0.25) is 0 Å². The monoisotopic (exact) mass is 259 g/mol. The van der Waals surface area contributed by atoms with Gasteiger partial charge in [0.05, 0.1) is 11.3 Å². The van der Waals surface area contributed by atoms with E-state index < -0.39 is 11.7 Å². The van der Waals surface area contributed by atoms with E-state index in [1.54, 1.807) is 0 Å². The molecule has 1 N–H and O–H groups in total. The summed E-state index contributed by atoms with van der Waals surface area (Å²) in [5, 5.41) is 3.26. The van der Waals surface area contributed by atoms with E-state index in [-0.39, 0.29) is 12.2 Å². The van der Waals surface area contributed by atoms with Gasteiger partial charge in [-0.3, -0.25) is 9.88 Å². The van der Waals surface area contributed by atoms with Crippen LogP contribution in [0.5, 0.6) is 0 Å². The summed E-state index contributed by atoms with van der Waals surface area (Å²) in [5.74, 6) is 0. The Morgan fingerprint density at radius 3 is 2.94 bits per heavy atom. The highest BCUT2D eigenvalue weighted by atomic mass is 19.4. The van der Waals surface area contributed by atoms with Crippen molar-refractivity contribution in [2.45, 2.75) is 25.7 Å². The molecule has 2 rings (SSSR count). The molecule has 0 aliphatic carbocycles. The summed E-state index contributed by atoms with van der Waals surface area (Å²) in [5.41, 5.74) is -0.518. The van der Waals surface area contributed by atoms with E-state index in [1.165, 1.54) is 12.3 Å². The zero-order chi connectivity index (χ0) is 13.2. The minimum atomic E-state index is -4.33. The Kier molecular flexibility index (Phi) is 3.87. The average molecular weight is 259 g/mol. The van der Waals surface area contributed by atoms with Gasteiger partial charge in [0, 0.05) is 38.4 Å². The number of nitrogens with zero attached hydrogens (tertiary/aromatic N) is 2. The van der Waals surface area contributed by atoms with Crippen LogP contribution in [0.25, 0.3) is 0 Å². The fourth-order valence-corrected chi connectivity index (χ4v) is 2.19. The Morgan fingerprint density at radius 1 is 1.50 bits per heavy atom. The second kappa shape index (κ2) is 5.24. The summed E-state index contributed by atoms with van der Waals surface area (Å²) in [6.07, 6.45) is -2.92. The summed E-state index contributed by atoms with van der Waals surface area (Å²) < 4.78 is 38.4. The van der Waals surface area contributed by atoms with Crippen LogP contribution in [-0.2, 0) is 12.7 Å². The lowest BCUT2D eigenvalue weighted by molar-refractivity contribution is -0.138. The SMILES string of the molecule is C[C@@H]1CN(Cc2ncccc2C(F)(F)F)CCN1. The van der Waals surface area contributed by atoms with Crippen molar-refractivity contribution in [2.75, 3.05) is 19.6 Å². The van der Waals surface area contributed by atoms with Crippen molar-refractivity contribution in [3.8, 4) is 0 Å². The second-order valence-electron chi connectivity index (χ2n) is 4.59. The van der Waals surface area contributed by atoms with Gasteiger partial charge in [-0.15, -0.1) is 0 Å². The van der Waals surface area contributed by atoms with E-state index in [1.807, 2.05) is 11.8 Å². The van der Waals surface area contributed by atoms with E-state index in [0.717, 1.165) is 25.7 Å². The van der Waals surface area contributed by atoms with Crippen molar-refractivity contribution in [1.29, 1.82) is 0 Å². The Labute approximate surface area is 104 Å². The standard InChI is InChI=1S/C12H16F3N3/c1-9-7-18(6-5-16-9)8-11-10(12(13,14)15)3-2-4-17-11/h2-4,9,16H,5-8H2,1H3/t9-/m1/s1. The van der Waals surface area contributed by atoms with Crippen LogP contribution in [0.3, 0.4) is 0 Å². The maximum Gasteiger partial charge on any atom is 0.418 e. The third kappa shape index (κ3) is 3.20. The van der Waals surface area contributed by atoms with Crippen LogP contribution in [0.15, 0.2) is 18.3 Å². The molecule has 1 aliphatic rings. The molecule has 0 aromatic carbocycles. The molecule has 3 nitrogen and oxygen atoms in total. The van der Waals surface area contributed by atoms with Crippen molar-refractivity contribution in [1.82, 2.24) is 15.2 Å². The molecule has 1 aromatic heterocycles. The Balaban J connectivity index is 2.13. The number of piperazine rings is 1. The fourth-order valence-electron chi connectivity index (χ4n) is 2.19. The van der Waals surface area contributed by atoms with E-state index in [0.29, 0.717) is 6.04 Å². The predicted octanol–water partition coefficient (Wildman–Crippen LogP) is 1.89. The Morgan fingerprint density at radius 2 is 2.28 bits per heavy atom. The molecule has 2 heterocycles. The van der Waals surface area contributed by atoms with Crippen LogP contribution in [-0.4, -0.2) is 35.6 Å². The minimum Gasteiger partial charge on any atom is -0.312 e. The molecule has 1 aliphatic heterocycles. The molecule has 0 bridgehead atoms. The Hall–Kier alpha value is -1.14. The quantitative estimate of drug-likeness (QED) is 0.879. The normalized spacial score (nSPS) is 22.1. The van der Waals surface area contributed by atoms with Gasteiger partial charge in [0.15, 0.2) is 0 Å². The van der Waals surface area contributed by atoms with Crippen LogP contribution in [0, 0.1) is 0 Å². The van der Waals surface area contributed by atoms with Crippen molar-refractivity contribution in [2.24, 2.45) is 0 Å². The number of halogens is 3. The maximum absolute atomic E-state index is 12.8. The molecule has 1 atom stereocenters. The largest absolute Gasteiger partial charge is 0.418 e. The lowest BCUT2D eigenvalue weighted by Crippen LogP contribution is -2.48. The van der Waals surface area contributed by atoms with E-state index in [2.05, 4.69) is 10.3 Å². The third-order valence-electron chi connectivity index (χ3n) is 3.02. The summed E-state index contributed by atoms with van der Waals surface area (Å²) >= 11 is 0. The first kappa shape index (κ1) is 13.3. The number of hydrogen-bond acceptors (Lipinski definition) is 3. The maximum atomic E-state index is 12.8. The van der Waals surface area contributed by atoms with E-state index in [4.69, 9.17) is 0 Å². The highest BCUT2D eigenvalue weighted by molar-refractivity contribution is 5.23. The summed E-state index contributed by atoms with van der Waals surface area (Å²) in [4.78, 5) is 5.88. The zero-order valence-electron chi connectivity index (χ0n) is 10.2. The van der Waals surface area contributed by atoms with Crippen LogP contribution in [0.1, 0.15) is 18.2 Å². The number of alkyl halides is 3. The first-order valence-corrected chi connectivity index (χ1v) is 5.93. The van der Waals surface area contributed by atoms with E-state index in [9.17, 15) is 13.2 Å². The fraction of sp³-hybridized carbons (Fsp3) is 0.583. The number of aromatic nitrogens is 1. The van der Waals surface area contributed by atoms with Gasteiger partial charge < -0.3 is 5.32 Å². The van der Waals surface area contributed by atoms with Crippen molar-refractivity contribution in [3.63, 3.8) is 0 Å². The summed E-state index contributed by atoms with van der Waals surface area (Å²) in [7, 11) is 0. The molecule has 1 saturated heterocycles. The predicted molar refractivity (Wildman–Crippen MR) is 62.0 cm³/mol. The van der Waals surface area contributed by atoms with Gasteiger partial charge in [-0.1, -0.05) is 0 Å². The lowest BCUT2D eigenvalue weighted by Gasteiger charge is -2.32. The van der Waals surface area contributed by atoms with Crippen molar-refractivity contribution in [3.05, 3.63) is 29.6 Å². The van der Waals surface area contributed by atoms with E-state index >= 15 is 0 Å². The molecular formula is C12H16F3N3. The topological polar surface area (TPSA) is 28.2 Å². The number of hydrogen-bond donors (Lipinski definition) is 1. The smallest absolute Gasteiger partial charge is 0.312 e. The first-order valence-electron chi connectivity index (χ1n) is 5.93. The second-order valence-corrected chi connectivity index (χ2v) is 4.59. The molecular weight excluding hydrogens is 243 g/mol. The van der Waals surface area contributed by atoms with Crippen LogP contribution < -0.4 is 5.32 Å². The number of nitrogens with one attached hydrogen (secondary N) is 1. The molecule has 0 spiro atoms. The molecule has 0 saturated carbocycles. The van der Waals surface area contributed by atoms with Crippen molar-refractivity contribution >= 4 is 0 Å². The van der Waals surface area contributed by atoms with Gasteiger partial charge >= 0.3 is 6.18 Å². The summed E-state index contributed by atoms with van der Waals surface area (Å²) in [6, 6.07) is 2.72. The molecule has 100 valence electrons. The highest BCUT2D eigenvalue weighted by Crippen LogP contribution is 2.31. The van der Waals surface area contributed by atoms with Crippen LogP contribution >= 0.6 is 0 Å². The molecule has 1 aromatic rings. The molecule has 1 fully saturated rings. The highest BCUT2D eigenvalue weighted by Gasteiger charge is 2.34. The minimum absolute atomic E-state index is 0.110. The number of rotatable bonds is 2. The van der Waals surface area contributed by atoms with Gasteiger partial charge in [0.25, 0.3) is 0 Å². The van der Waals surface area contributed by atoms with Gasteiger partial charge in [0.1, 0.15) is 0 Å². The van der Waals surface area contributed by atoms with Crippen LogP contribution in [0.4, 0.5) is 13.2 Å². The molecule has 6 heteroatoms. The third-order valence-corrected chi connectivity index (χ3v) is 3.02. The average Bonchev–Trinajstić information content (AvgIpc) is 2.28.